The Kier molecular flexibility index (Phi) is 5.39. The number of carboxylic acid groups (broad SMARTS) is 1. The third-order valence-electron chi connectivity index (χ3n) is 2.62. The summed E-state index contributed by atoms with van der Waals surface area (Å²) in [5.74, 6) is -1.01. The number of hydrogen-bond donors (Lipinski definition) is 2. The molecule has 0 spiro atoms. The first-order valence-corrected chi connectivity index (χ1v) is 5.78. The van der Waals surface area contributed by atoms with E-state index in [1.807, 2.05) is 6.07 Å². The zero-order valence-corrected chi connectivity index (χ0v) is 10.3. The molecule has 1 aliphatic heterocycles. The van der Waals surface area contributed by atoms with Crippen LogP contribution in [0.3, 0.4) is 0 Å². The Morgan fingerprint density at radius 1 is 1.67 bits per heavy atom. The number of hydrogen-bond acceptors (Lipinski definition) is 4. The zero-order valence-electron chi connectivity index (χ0n) is 10.3. The van der Waals surface area contributed by atoms with Crippen LogP contribution in [0.2, 0.25) is 0 Å². The number of amides is 2. The van der Waals surface area contributed by atoms with Crippen molar-refractivity contribution in [1.29, 1.82) is 5.26 Å². The summed E-state index contributed by atoms with van der Waals surface area (Å²) in [6.45, 7) is 3.09. The van der Waals surface area contributed by atoms with Gasteiger partial charge in [-0.25, -0.2) is 4.79 Å². The molecule has 0 aromatic heterocycles. The van der Waals surface area contributed by atoms with Crippen molar-refractivity contribution < 1.29 is 19.4 Å². The summed E-state index contributed by atoms with van der Waals surface area (Å²) >= 11 is 0. The lowest BCUT2D eigenvalue weighted by molar-refractivity contribution is -0.137. The highest BCUT2D eigenvalue weighted by Gasteiger charge is 2.24. The zero-order chi connectivity index (χ0) is 13.5. The summed E-state index contributed by atoms with van der Waals surface area (Å²) < 4.78 is 5.13. The SMILES string of the molecule is CC(CNC(=O)N1CCOC(C#N)C1)CC(=O)O. The molecule has 1 fully saturated rings. The minimum Gasteiger partial charge on any atom is -0.481 e. The van der Waals surface area contributed by atoms with Crippen molar-refractivity contribution >= 4 is 12.0 Å². The molecule has 0 saturated carbocycles. The smallest absolute Gasteiger partial charge is 0.317 e. The molecule has 0 aromatic carbocycles. The molecular formula is C11H17N3O4. The van der Waals surface area contributed by atoms with Crippen LogP contribution < -0.4 is 5.32 Å². The van der Waals surface area contributed by atoms with E-state index in [-0.39, 0.29) is 24.9 Å². The Morgan fingerprint density at radius 2 is 2.39 bits per heavy atom. The number of carbonyl (C=O) groups excluding carboxylic acids is 1. The highest BCUT2D eigenvalue weighted by Crippen LogP contribution is 2.05. The van der Waals surface area contributed by atoms with Crippen molar-refractivity contribution in [3.05, 3.63) is 0 Å². The second-order valence-corrected chi connectivity index (χ2v) is 4.32. The van der Waals surface area contributed by atoms with Gasteiger partial charge < -0.3 is 20.1 Å². The van der Waals surface area contributed by atoms with E-state index < -0.39 is 12.1 Å². The van der Waals surface area contributed by atoms with E-state index in [1.165, 1.54) is 4.90 Å². The molecule has 2 unspecified atom stereocenters. The van der Waals surface area contributed by atoms with Gasteiger partial charge in [0.25, 0.3) is 0 Å². The van der Waals surface area contributed by atoms with Crippen LogP contribution in [0.25, 0.3) is 0 Å². The minimum absolute atomic E-state index is 0.0181. The third kappa shape index (κ3) is 4.59. The first-order chi connectivity index (χ1) is 8.52. The summed E-state index contributed by atoms with van der Waals surface area (Å²) in [5, 5.41) is 20.0. The maximum absolute atomic E-state index is 11.8. The first-order valence-electron chi connectivity index (χ1n) is 5.78. The van der Waals surface area contributed by atoms with Crippen LogP contribution in [-0.4, -0.2) is 54.4 Å². The molecule has 0 bridgehead atoms. The van der Waals surface area contributed by atoms with Gasteiger partial charge in [0, 0.05) is 19.5 Å². The molecule has 2 atom stereocenters. The molecule has 7 nitrogen and oxygen atoms in total. The Balaban J connectivity index is 2.32. The van der Waals surface area contributed by atoms with Crippen LogP contribution in [0, 0.1) is 17.2 Å². The predicted octanol–water partition coefficient (Wildman–Crippen LogP) is 0.0312. The number of morpholine rings is 1. The van der Waals surface area contributed by atoms with E-state index in [2.05, 4.69) is 5.32 Å². The van der Waals surface area contributed by atoms with Gasteiger partial charge in [-0.1, -0.05) is 6.92 Å². The van der Waals surface area contributed by atoms with Crippen molar-refractivity contribution in [2.24, 2.45) is 5.92 Å². The molecule has 0 aliphatic carbocycles. The summed E-state index contributed by atoms with van der Waals surface area (Å²) in [6.07, 6.45) is -0.564. The number of nitriles is 1. The van der Waals surface area contributed by atoms with Gasteiger partial charge in [-0.3, -0.25) is 4.79 Å². The number of urea groups is 1. The van der Waals surface area contributed by atoms with Crippen molar-refractivity contribution in [1.82, 2.24) is 10.2 Å². The number of nitrogens with one attached hydrogen (secondary N) is 1. The van der Waals surface area contributed by atoms with E-state index >= 15 is 0 Å². The largest absolute Gasteiger partial charge is 0.481 e. The third-order valence-corrected chi connectivity index (χ3v) is 2.62. The Labute approximate surface area is 105 Å². The van der Waals surface area contributed by atoms with Crippen LogP contribution >= 0.6 is 0 Å². The van der Waals surface area contributed by atoms with Crippen molar-refractivity contribution in [2.45, 2.75) is 19.4 Å². The highest BCUT2D eigenvalue weighted by atomic mass is 16.5. The number of carbonyl (C=O) groups is 2. The van der Waals surface area contributed by atoms with E-state index in [1.54, 1.807) is 6.92 Å². The van der Waals surface area contributed by atoms with Crippen LogP contribution in [0.1, 0.15) is 13.3 Å². The van der Waals surface area contributed by atoms with Gasteiger partial charge in [0.15, 0.2) is 6.10 Å². The Hall–Kier alpha value is -1.81. The lowest BCUT2D eigenvalue weighted by Crippen LogP contribution is -2.50. The number of carboxylic acids is 1. The van der Waals surface area contributed by atoms with Gasteiger partial charge in [-0.05, 0) is 5.92 Å². The van der Waals surface area contributed by atoms with Gasteiger partial charge in [0.2, 0.25) is 0 Å². The second kappa shape index (κ2) is 6.81. The molecule has 0 radical (unpaired) electrons. The fraction of sp³-hybridized carbons (Fsp3) is 0.727. The van der Waals surface area contributed by atoms with Gasteiger partial charge >= 0.3 is 12.0 Å². The van der Waals surface area contributed by atoms with Gasteiger partial charge in [-0.15, -0.1) is 0 Å². The van der Waals surface area contributed by atoms with Gasteiger partial charge in [0.1, 0.15) is 0 Å². The molecule has 0 aromatic rings. The number of ether oxygens (including phenoxy) is 1. The molecule has 1 aliphatic rings. The van der Waals surface area contributed by atoms with Crippen LogP contribution in [0.5, 0.6) is 0 Å². The molecule has 1 saturated heterocycles. The quantitative estimate of drug-likeness (QED) is 0.737. The fourth-order valence-electron chi connectivity index (χ4n) is 1.66. The topological polar surface area (TPSA) is 103 Å². The van der Waals surface area contributed by atoms with Crippen LogP contribution in [0.4, 0.5) is 4.79 Å². The highest BCUT2D eigenvalue weighted by molar-refractivity contribution is 5.74. The number of aliphatic carboxylic acids is 1. The van der Waals surface area contributed by atoms with Crippen molar-refractivity contribution in [2.75, 3.05) is 26.2 Å². The summed E-state index contributed by atoms with van der Waals surface area (Å²) in [5.41, 5.74) is 0. The molecule has 7 heteroatoms. The average molecular weight is 255 g/mol. The second-order valence-electron chi connectivity index (χ2n) is 4.32. The van der Waals surface area contributed by atoms with Crippen LogP contribution in [-0.2, 0) is 9.53 Å². The maximum atomic E-state index is 11.8. The molecule has 18 heavy (non-hydrogen) atoms. The normalized spacial score (nSPS) is 20.9. The molecule has 2 amide bonds. The molecule has 2 N–H and O–H groups in total. The maximum Gasteiger partial charge on any atom is 0.317 e. The van der Waals surface area contributed by atoms with E-state index in [4.69, 9.17) is 15.1 Å². The summed E-state index contributed by atoms with van der Waals surface area (Å²) in [7, 11) is 0. The van der Waals surface area contributed by atoms with Crippen molar-refractivity contribution in [3.63, 3.8) is 0 Å². The average Bonchev–Trinajstić information content (AvgIpc) is 2.35. The lowest BCUT2D eigenvalue weighted by atomic mass is 10.1. The molecule has 1 heterocycles. The van der Waals surface area contributed by atoms with Gasteiger partial charge in [0.05, 0.1) is 19.2 Å². The predicted molar refractivity (Wildman–Crippen MR) is 61.7 cm³/mol. The van der Waals surface area contributed by atoms with E-state index in [0.717, 1.165) is 0 Å². The number of nitrogens with zero attached hydrogens (tertiary/aromatic N) is 2. The van der Waals surface area contributed by atoms with Gasteiger partial charge in [-0.2, -0.15) is 5.26 Å². The first kappa shape index (κ1) is 14.3. The Morgan fingerprint density at radius 3 is 3.00 bits per heavy atom. The summed E-state index contributed by atoms with van der Waals surface area (Å²) in [4.78, 5) is 23.7. The minimum atomic E-state index is -0.882. The Bertz CT molecular complexity index is 353. The summed E-state index contributed by atoms with van der Waals surface area (Å²) in [6, 6.07) is 1.68. The van der Waals surface area contributed by atoms with Crippen LogP contribution in [0.15, 0.2) is 0 Å². The molecule has 1 rings (SSSR count). The van der Waals surface area contributed by atoms with E-state index in [9.17, 15) is 9.59 Å². The standard InChI is InChI=1S/C11H17N3O4/c1-8(4-10(15)16)6-13-11(17)14-2-3-18-9(5-12)7-14/h8-9H,2-4,6-7H2,1H3,(H,13,17)(H,15,16). The van der Waals surface area contributed by atoms with Crippen molar-refractivity contribution in [3.8, 4) is 6.07 Å². The molecule has 100 valence electrons. The lowest BCUT2D eigenvalue weighted by Gasteiger charge is -2.30. The van der Waals surface area contributed by atoms with E-state index in [0.29, 0.717) is 19.7 Å². The number of rotatable bonds is 4. The fourth-order valence-corrected chi connectivity index (χ4v) is 1.66. The monoisotopic (exact) mass is 255 g/mol. The molecular weight excluding hydrogens is 238 g/mol.